The van der Waals surface area contributed by atoms with E-state index in [9.17, 15) is 0 Å². The molecule has 8 heterocycles. The molecule has 0 aliphatic rings. The molecule has 0 saturated carbocycles. The van der Waals surface area contributed by atoms with Crippen LogP contribution in [-0.4, -0.2) is 89.3 Å². The van der Waals surface area contributed by atoms with Crippen LogP contribution < -0.4 is 0 Å². The van der Waals surface area contributed by atoms with Gasteiger partial charge in [0.15, 0.2) is 0 Å². The van der Waals surface area contributed by atoms with Crippen molar-refractivity contribution in [3.63, 3.8) is 0 Å². The van der Waals surface area contributed by atoms with Crippen LogP contribution in [0.5, 0.6) is 0 Å². The van der Waals surface area contributed by atoms with Gasteiger partial charge in [0.25, 0.3) is 0 Å². The molecule has 744 valence electrons. The summed E-state index contributed by atoms with van der Waals surface area (Å²) < 4.78 is 11.9. The van der Waals surface area contributed by atoms with Gasteiger partial charge in [-0.1, -0.05) is 305 Å². The van der Waals surface area contributed by atoms with Crippen LogP contribution in [0.1, 0.15) is 153 Å². The molecule has 144 heavy (non-hydrogen) atoms. The molecule has 17 nitrogen and oxygen atoms in total. The fourth-order valence-corrected chi connectivity index (χ4v) is 17.2. The van der Waals surface area contributed by atoms with Crippen LogP contribution in [0.25, 0.3) is 66.1 Å². The summed E-state index contributed by atoms with van der Waals surface area (Å²) in [5.74, 6) is 1.18. The first-order valence-corrected chi connectivity index (χ1v) is 59.5. The van der Waals surface area contributed by atoms with Crippen molar-refractivity contribution in [2.45, 2.75) is 120 Å². The standard InChI is InChI=1S/C36H46N4.C30H23N5.C27H22N4.C20H14Br2N4.8ClH.4Fe/c1-23(2)27-17-13-15-26(7)34(27)38-33(36(8,9)10)22-40-32-20-12-11-16-30(32)31(39-40)21-37-35-28(24(3)4)18-14-19-29(35)25(5)6;1-3-11-23(12-4-1)28-18-19-29(24-13-5-2-6-14-24)35(28)32-21-27-26-16-7-8-17-30(26)34(33-27)22-25-15-9-10-20-31-25;1-2-10-21(11-3-1)18-22-12-4-6-15-25(22)29-19-26-24-14-5-7-16-27(24)31(30-26)20-23-13-8-9-17-28-23;21-16-8-5-9-17(22)20(16)24-12-18-15-7-1-2-10-19(15)26(25-18)13-14-6-3-4-11-23-14;;;;;;;;;;;;/h11-21,23-25H,22H2,1-10H3;1-21H,22H2;1-17,19H,18,20H2;1-12H,13H2;8*1H;;;;/q;;;;;;;;;;;;4*+2/p-8/b;32-21+;;;;;;;;;;;;;;. The van der Waals surface area contributed by atoms with Gasteiger partial charge in [-0.3, -0.25) is 53.6 Å². The zero-order valence-corrected chi connectivity index (χ0v) is 94.0. The van der Waals surface area contributed by atoms with Gasteiger partial charge in [-0.05, 0) is 187 Å². The molecular weight excluding hydrogens is 2260 g/mol. The molecule has 19 aromatic rings. The van der Waals surface area contributed by atoms with E-state index in [1.165, 1.54) is 33.4 Å². The number of aryl methyl sites for hydroxylation is 1. The number of hydrogen-bond acceptors (Lipinski definition) is 12. The number of fused-ring (bicyclic) bond motifs is 4. The quantitative estimate of drug-likeness (QED) is 0.0427. The topological polar surface area (TPSA) is 177 Å². The van der Waals surface area contributed by atoms with E-state index in [1.807, 2.05) is 214 Å². The summed E-state index contributed by atoms with van der Waals surface area (Å²) in [7, 11) is 38.1. The molecule has 0 atom stereocenters. The number of aromatic nitrogens is 12. The van der Waals surface area contributed by atoms with E-state index in [-0.39, 0.29) is 57.9 Å². The number of rotatable bonds is 24. The Kier molecular flexibility index (Phi) is 45.6. The monoisotopic (exact) mass is 2360 g/mol. The van der Waals surface area contributed by atoms with Crippen molar-refractivity contribution in [3.05, 3.63) is 434 Å². The molecule has 0 aliphatic heterocycles. The Balaban J connectivity index is 0.000000166. The van der Waals surface area contributed by atoms with Gasteiger partial charge in [-0.15, -0.1) is 0 Å². The molecule has 0 bridgehead atoms. The van der Waals surface area contributed by atoms with Gasteiger partial charge in [0.1, 0.15) is 22.8 Å². The number of pyridine rings is 3. The van der Waals surface area contributed by atoms with Gasteiger partial charge >= 0.3 is 133 Å². The molecule has 31 heteroatoms. The maximum absolute atomic E-state index is 5.34. The Labute approximate surface area is 918 Å². The van der Waals surface area contributed by atoms with Crippen molar-refractivity contribution in [1.29, 1.82) is 0 Å². The summed E-state index contributed by atoms with van der Waals surface area (Å²) in [6.45, 7) is 24.7. The van der Waals surface area contributed by atoms with Crippen LogP contribution in [-0.2, 0) is 85.1 Å². The Morgan fingerprint density at radius 2 is 0.681 bits per heavy atom. The van der Waals surface area contributed by atoms with Crippen molar-refractivity contribution < 1.29 is 52.5 Å². The van der Waals surface area contributed by atoms with Crippen LogP contribution in [0, 0.1) is 12.3 Å². The second-order valence-corrected chi connectivity index (χ2v) is 43.5. The maximum atomic E-state index is 5.34. The number of benzene rings is 11. The molecule has 0 radical (unpaired) electrons. The third-order valence-corrected chi connectivity index (χ3v) is 24.2. The normalized spacial score (nSPS) is 11.5. The fourth-order valence-electron chi connectivity index (χ4n) is 16.0. The molecule has 0 saturated heterocycles. The third kappa shape index (κ3) is 31.9. The zero-order valence-electron chi connectivity index (χ0n) is 80.4. The average molecular weight is 2370 g/mol. The van der Waals surface area contributed by atoms with Crippen LogP contribution >= 0.6 is 113 Å². The Hall–Kier alpha value is -10.3. The number of para-hydroxylation sites is 8. The summed E-state index contributed by atoms with van der Waals surface area (Å²) in [6, 6.07) is 113. The van der Waals surface area contributed by atoms with E-state index in [0.717, 1.165) is 150 Å². The van der Waals surface area contributed by atoms with Gasteiger partial charge in [0.05, 0.1) is 124 Å². The van der Waals surface area contributed by atoms with Crippen LogP contribution in [0.4, 0.5) is 22.7 Å². The van der Waals surface area contributed by atoms with Gasteiger partial charge < -0.3 is 0 Å². The van der Waals surface area contributed by atoms with E-state index < -0.39 is 0 Å². The van der Waals surface area contributed by atoms with E-state index >= 15 is 0 Å². The van der Waals surface area contributed by atoms with Gasteiger partial charge in [0.2, 0.25) is 0 Å². The third-order valence-electron chi connectivity index (χ3n) is 22.9. The molecule has 11 aromatic carbocycles. The number of halogens is 10. The van der Waals surface area contributed by atoms with Crippen molar-refractivity contribution >= 4 is 210 Å². The van der Waals surface area contributed by atoms with Crippen LogP contribution in [0.3, 0.4) is 0 Å². The number of hydrogen-bond donors (Lipinski definition) is 0. The van der Waals surface area contributed by atoms with E-state index in [1.54, 1.807) is 6.20 Å². The second-order valence-electron chi connectivity index (χ2n) is 34.5. The van der Waals surface area contributed by atoms with Crippen molar-refractivity contribution in [2.75, 3.05) is 0 Å². The summed E-state index contributed by atoms with van der Waals surface area (Å²) in [6.07, 6.45) is 13.8. The molecule has 0 spiro atoms. The van der Waals surface area contributed by atoms with Crippen LogP contribution in [0.2, 0.25) is 0 Å². The molecule has 0 N–H and O–H groups in total. The van der Waals surface area contributed by atoms with Crippen molar-refractivity contribution in [1.82, 2.24) is 58.7 Å². The van der Waals surface area contributed by atoms with E-state index in [2.05, 4.69) is 302 Å². The molecule has 19 rings (SSSR count). The Morgan fingerprint density at radius 3 is 1.08 bits per heavy atom. The predicted molar refractivity (Wildman–Crippen MR) is 600 cm³/mol. The van der Waals surface area contributed by atoms with Crippen molar-refractivity contribution in [3.8, 4) is 22.5 Å². The molecular formula is C113H105Br2Cl8Fe4N17. The summed E-state index contributed by atoms with van der Waals surface area (Å²) in [4.78, 5) is 33.2. The zero-order chi connectivity index (χ0) is 102. The van der Waals surface area contributed by atoms with Gasteiger partial charge in [0, 0.05) is 71.3 Å². The predicted octanol–water partition coefficient (Wildman–Crippen LogP) is 33.9. The molecule has 0 amide bonds. The summed E-state index contributed by atoms with van der Waals surface area (Å²) in [5, 5.41) is 28.9. The average Bonchev–Trinajstić information content (AvgIpc) is 1.66. The van der Waals surface area contributed by atoms with Crippen molar-refractivity contribution in [2.24, 2.45) is 30.5 Å². The Bertz CT molecular complexity index is 7320. The van der Waals surface area contributed by atoms with E-state index in [0.29, 0.717) is 43.9 Å². The van der Waals surface area contributed by atoms with E-state index in [4.69, 9.17) is 121 Å². The van der Waals surface area contributed by atoms with Crippen LogP contribution in [0.15, 0.2) is 386 Å². The van der Waals surface area contributed by atoms with Gasteiger partial charge in [-0.2, -0.15) is 25.5 Å². The molecule has 0 aliphatic carbocycles. The molecule has 0 fully saturated rings. The first kappa shape index (κ1) is 112. The first-order valence-electron chi connectivity index (χ1n) is 45.8. The van der Waals surface area contributed by atoms with Gasteiger partial charge in [-0.25, -0.2) is 4.68 Å². The summed E-state index contributed by atoms with van der Waals surface area (Å²) >= 11 is 7.86. The fraction of sp³-hybridized carbons (Fsp3) is 0.168. The second kappa shape index (κ2) is 58.3. The number of aliphatic imine (C=N–C) groups is 4. The SMILES string of the molecule is Brc1cccc(Br)c1N=Cc1nn(Cc2ccccn2)c2ccccc12.C(=N\n1c(-c2ccccc2)ccc1-c1ccccc1)/c1nn(Cc2ccccn2)c2ccccc12.C(=Nc1ccccc1Cc1ccccc1)c1nn(Cc2ccccn2)c2ccccc12.Cc1cccc(C(C)C)c1N=C(Cn1nc(C=Nc2c(C(C)C)cccc2C(C)C)c2ccccc21)C(C)(C)C.[Cl][Fe][Cl].[Cl][Fe][Cl].[Cl][Fe][Cl].[Cl][Fe][Cl]. The molecule has 0 unspecified atom stereocenters. The Morgan fingerprint density at radius 1 is 0.347 bits per heavy atom. The minimum absolute atomic E-state index is 0.125. The number of nitrogens with zero attached hydrogens (tertiary/aromatic N) is 17. The minimum atomic E-state index is -0.125. The first-order chi connectivity index (χ1) is 70.0. The molecule has 8 aromatic heterocycles. The summed E-state index contributed by atoms with van der Waals surface area (Å²) in [5.41, 5.74) is 27.3.